The van der Waals surface area contributed by atoms with Gasteiger partial charge in [0.2, 0.25) is 0 Å². The van der Waals surface area contributed by atoms with Gasteiger partial charge in [-0.3, -0.25) is 0 Å². The molecule has 3 heteroatoms. The van der Waals surface area contributed by atoms with Crippen LogP contribution in [0.5, 0.6) is 0 Å². The van der Waals surface area contributed by atoms with Crippen molar-refractivity contribution in [2.24, 2.45) is 5.73 Å². The molecular weight excluding hydrogens is 228 g/mol. The first-order chi connectivity index (χ1) is 8.11. The van der Waals surface area contributed by atoms with Gasteiger partial charge in [-0.15, -0.1) is 0 Å². The second-order valence-electron chi connectivity index (χ2n) is 5.67. The van der Waals surface area contributed by atoms with Gasteiger partial charge < -0.3 is 10.6 Å². The number of rotatable bonds is 7. The van der Waals surface area contributed by atoms with Gasteiger partial charge in [-0.25, -0.2) is 0 Å². The predicted octanol–water partition coefficient (Wildman–Crippen LogP) is 3.11. The van der Waals surface area contributed by atoms with E-state index in [4.69, 9.17) is 5.73 Å². The summed E-state index contributed by atoms with van der Waals surface area (Å²) in [7, 11) is 2.26. The van der Waals surface area contributed by atoms with Gasteiger partial charge in [-0.05, 0) is 45.5 Å². The SMILES string of the molecule is CCC(CSC)N(C)CCC1(N)CCCCC1. The highest BCUT2D eigenvalue weighted by atomic mass is 32.2. The summed E-state index contributed by atoms with van der Waals surface area (Å²) in [5.41, 5.74) is 6.63. The predicted molar refractivity (Wildman–Crippen MR) is 79.7 cm³/mol. The number of nitrogens with two attached hydrogens (primary N) is 1. The van der Waals surface area contributed by atoms with Gasteiger partial charge in [0.15, 0.2) is 0 Å². The van der Waals surface area contributed by atoms with Crippen LogP contribution in [0.4, 0.5) is 0 Å². The molecule has 0 amide bonds. The summed E-state index contributed by atoms with van der Waals surface area (Å²) >= 11 is 1.95. The fraction of sp³-hybridized carbons (Fsp3) is 1.00. The first kappa shape index (κ1) is 15.3. The van der Waals surface area contributed by atoms with Gasteiger partial charge in [0.25, 0.3) is 0 Å². The molecule has 2 nitrogen and oxygen atoms in total. The first-order valence-corrected chi connectivity index (χ1v) is 8.49. The molecule has 0 aliphatic heterocycles. The number of thioether (sulfide) groups is 1. The van der Waals surface area contributed by atoms with E-state index in [-0.39, 0.29) is 5.54 Å². The zero-order valence-corrected chi connectivity index (χ0v) is 12.7. The summed E-state index contributed by atoms with van der Waals surface area (Å²) in [4.78, 5) is 2.51. The molecular formula is C14H30N2S. The van der Waals surface area contributed by atoms with E-state index in [9.17, 15) is 0 Å². The molecule has 102 valence electrons. The molecule has 0 bridgehead atoms. The van der Waals surface area contributed by atoms with Crippen LogP contribution in [0.2, 0.25) is 0 Å². The average Bonchev–Trinajstić information content (AvgIpc) is 2.34. The summed E-state index contributed by atoms with van der Waals surface area (Å²) < 4.78 is 0. The third-order valence-electron chi connectivity index (χ3n) is 4.27. The van der Waals surface area contributed by atoms with Crippen molar-refractivity contribution in [3.63, 3.8) is 0 Å². The third kappa shape index (κ3) is 5.19. The molecule has 1 fully saturated rings. The molecule has 0 saturated heterocycles. The van der Waals surface area contributed by atoms with E-state index in [0.29, 0.717) is 0 Å². The van der Waals surface area contributed by atoms with Crippen molar-refractivity contribution in [2.45, 2.75) is 63.5 Å². The van der Waals surface area contributed by atoms with Crippen molar-refractivity contribution in [2.75, 3.05) is 25.6 Å². The van der Waals surface area contributed by atoms with E-state index in [2.05, 4.69) is 25.1 Å². The van der Waals surface area contributed by atoms with Crippen molar-refractivity contribution in [3.05, 3.63) is 0 Å². The zero-order valence-electron chi connectivity index (χ0n) is 11.9. The van der Waals surface area contributed by atoms with Crippen LogP contribution < -0.4 is 5.73 Å². The molecule has 1 aliphatic rings. The van der Waals surface area contributed by atoms with Crippen molar-refractivity contribution < 1.29 is 0 Å². The molecule has 0 radical (unpaired) electrons. The topological polar surface area (TPSA) is 29.3 Å². The number of hydrogen-bond acceptors (Lipinski definition) is 3. The van der Waals surface area contributed by atoms with Gasteiger partial charge in [0.05, 0.1) is 0 Å². The molecule has 1 saturated carbocycles. The normalized spacial score (nSPS) is 21.7. The highest BCUT2D eigenvalue weighted by Crippen LogP contribution is 2.29. The Bertz CT molecular complexity index is 202. The number of nitrogens with zero attached hydrogens (tertiary/aromatic N) is 1. The molecule has 1 unspecified atom stereocenters. The molecule has 0 aromatic carbocycles. The van der Waals surface area contributed by atoms with Crippen LogP contribution >= 0.6 is 11.8 Å². The fourth-order valence-electron chi connectivity index (χ4n) is 2.84. The number of hydrogen-bond donors (Lipinski definition) is 1. The van der Waals surface area contributed by atoms with Crippen molar-refractivity contribution in [1.29, 1.82) is 0 Å². The Morgan fingerprint density at radius 2 is 1.94 bits per heavy atom. The lowest BCUT2D eigenvalue weighted by Gasteiger charge is -2.36. The Kier molecular flexibility index (Phi) is 6.90. The van der Waals surface area contributed by atoms with Gasteiger partial charge in [-0.1, -0.05) is 26.2 Å². The summed E-state index contributed by atoms with van der Waals surface area (Å²) in [6.07, 6.45) is 11.1. The van der Waals surface area contributed by atoms with Crippen LogP contribution in [0.25, 0.3) is 0 Å². The lowest BCUT2D eigenvalue weighted by molar-refractivity contribution is 0.199. The minimum atomic E-state index is 0.143. The maximum atomic E-state index is 6.49. The van der Waals surface area contributed by atoms with Crippen LogP contribution in [-0.4, -0.2) is 42.1 Å². The summed E-state index contributed by atoms with van der Waals surface area (Å²) in [6, 6.07) is 0.720. The van der Waals surface area contributed by atoms with E-state index in [1.807, 2.05) is 11.8 Å². The largest absolute Gasteiger partial charge is 0.325 e. The highest BCUT2D eigenvalue weighted by Gasteiger charge is 2.27. The van der Waals surface area contributed by atoms with Crippen molar-refractivity contribution in [3.8, 4) is 0 Å². The molecule has 1 aliphatic carbocycles. The summed E-state index contributed by atoms with van der Waals surface area (Å²) in [5.74, 6) is 1.24. The second-order valence-corrected chi connectivity index (χ2v) is 6.58. The van der Waals surface area contributed by atoms with Gasteiger partial charge in [0, 0.05) is 17.3 Å². The fourth-order valence-corrected chi connectivity index (χ4v) is 3.71. The molecule has 1 atom stereocenters. The highest BCUT2D eigenvalue weighted by molar-refractivity contribution is 7.98. The minimum absolute atomic E-state index is 0.143. The van der Waals surface area contributed by atoms with E-state index in [0.717, 1.165) is 12.6 Å². The van der Waals surface area contributed by atoms with E-state index in [1.165, 1.54) is 50.7 Å². The first-order valence-electron chi connectivity index (χ1n) is 7.09. The Morgan fingerprint density at radius 3 is 2.47 bits per heavy atom. The maximum absolute atomic E-state index is 6.49. The van der Waals surface area contributed by atoms with Crippen molar-refractivity contribution in [1.82, 2.24) is 4.90 Å². The molecule has 17 heavy (non-hydrogen) atoms. The van der Waals surface area contributed by atoms with Crippen LogP contribution in [0.1, 0.15) is 51.9 Å². The van der Waals surface area contributed by atoms with E-state index < -0.39 is 0 Å². The lowest BCUT2D eigenvalue weighted by Crippen LogP contribution is -2.45. The standard InChI is InChI=1S/C14H30N2S/c1-4-13(12-17-3)16(2)11-10-14(15)8-6-5-7-9-14/h13H,4-12,15H2,1-3H3. The molecule has 0 heterocycles. The molecule has 0 aromatic heterocycles. The minimum Gasteiger partial charge on any atom is -0.325 e. The third-order valence-corrected chi connectivity index (χ3v) is 4.98. The average molecular weight is 258 g/mol. The van der Waals surface area contributed by atoms with Crippen LogP contribution in [0.15, 0.2) is 0 Å². The smallest absolute Gasteiger partial charge is 0.0180 e. The molecule has 0 aromatic rings. The Labute approximate surface area is 112 Å². The van der Waals surface area contributed by atoms with Gasteiger partial charge in [-0.2, -0.15) is 11.8 Å². The maximum Gasteiger partial charge on any atom is 0.0180 e. The van der Waals surface area contributed by atoms with Gasteiger partial charge in [0.1, 0.15) is 0 Å². The second kappa shape index (κ2) is 7.65. The van der Waals surface area contributed by atoms with Crippen LogP contribution in [0.3, 0.4) is 0 Å². The summed E-state index contributed by atoms with van der Waals surface area (Å²) in [5, 5.41) is 0. The van der Waals surface area contributed by atoms with Crippen molar-refractivity contribution >= 4 is 11.8 Å². The monoisotopic (exact) mass is 258 g/mol. The molecule has 1 rings (SSSR count). The van der Waals surface area contributed by atoms with Gasteiger partial charge >= 0.3 is 0 Å². The Hall–Kier alpha value is 0.270. The zero-order chi connectivity index (χ0) is 12.7. The Balaban J connectivity index is 2.32. The summed E-state index contributed by atoms with van der Waals surface area (Å²) in [6.45, 7) is 3.45. The van der Waals surface area contributed by atoms with E-state index in [1.54, 1.807) is 0 Å². The lowest BCUT2D eigenvalue weighted by atomic mass is 9.80. The quantitative estimate of drug-likeness (QED) is 0.761. The van der Waals surface area contributed by atoms with E-state index >= 15 is 0 Å². The Morgan fingerprint density at radius 1 is 1.29 bits per heavy atom. The molecule has 0 spiro atoms. The molecule has 2 N–H and O–H groups in total. The van der Waals surface area contributed by atoms with Crippen LogP contribution in [-0.2, 0) is 0 Å². The van der Waals surface area contributed by atoms with Crippen LogP contribution in [0, 0.1) is 0 Å².